The van der Waals surface area contributed by atoms with Gasteiger partial charge in [0, 0.05) is 69.6 Å². The van der Waals surface area contributed by atoms with Crippen LogP contribution in [0.1, 0.15) is 45.8 Å². The van der Waals surface area contributed by atoms with Gasteiger partial charge >= 0.3 is 17.1 Å². The number of aromatic amines is 1. The molecule has 5 N–H and O–H groups in total. The van der Waals surface area contributed by atoms with Gasteiger partial charge in [-0.2, -0.15) is 0 Å². The topological polar surface area (TPSA) is 224 Å². The number of aromatic nitrogens is 10. The van der Waals surface area contributed by atoms with Crippen LogP contribution in [0.5, 0.6) is 11.5 Å². The van der Waals surface area contributed by atoms with Gasteiger partial charge in [-0.05, 0) is 103 Å². The smallest absolute Gasteiger partial charge is 0.512 e. The molecule has 16 heteroatoms. The number of benzene rings is 3. The second-order valence-electron chi connectivity index (χ2n) is 13.9. The summed E-state index contributed by atoms with van der Waals surface area (Å²) in [4.78, 5) is 60.5. The molecule has 0 saturated heterocycles. The number of fused-ring (bicyclic) bond motifs is 20. The van der Waals surface area contributed by atoms with Gasteiger partial charge in [0.1, 0.15) is 17.3 Å². The molecule has 285 valence electrons. The van der Waals surface area contributed by atoms with Crippen LogP contribution in [0.3, 0.4) is 0 Å². The molecule has 0 fully saturated rings. The fraction of sp³-hybridized carbons (Fsp3) is 0.171. The van der Waals surface area contributed by atoms with Crippen molar-refractivity contribution in [1.82, 2.24) is 55.2 Å². The molecule has 7 aromatic rings. The molecular weight excluding hydrogens is 774 g/mol. The molecule has 1 radical (unpaired) electrons. The van der Waals surface area contributed by atoms with E-state index in [1.54, 1.807) is 48.5 Å². The van der Waals surface area contributed by atoms with Crippen LogP contribution in [-0.4, -0.2) is 67.6 Å². The second kappa shape index (κ2) is 14.0. The van der Waals surface area contributed by atoms with E-state index in [1.165, 1.54) is 6.07 Å². The third-order valence-corrected chi connectivity index (χ3v) is 10.1. The van der Waals surface area contributed by atoms with Gasteiger partial charge in [0.15, 0.2) is 0 Å². The summed E-state index contributed by atoms with van der Waals surface area (Å²) in [6.45, 7) is 2.38. The molecule has 0 spiro atoms. The monoisotopic (exact) mass is 804 g/mol. The Morgan fingerprint density at radius 1 is 0.737 bits per heavy atom. The Hall–Kier alpha value is -6.90. The van der Waals surface area contributed by atoms with E-state index in [2.05, 4.69) is 15.3 Å². The first kappa shape index (κ1) is 35.8. The van der Waals surface area contributed by atoms with Gasteiger partial charge in [0.25, 0.3) is 5.91 Å². The van der Waals surface area contributed by atoms with Crippen LogP contribution in [0.15, 0.2) is 72.6 Å². The Kier molecular flexibility index (Phi) is 8.78. The van der Waals surface area contributed by atoms with Gasteiger partial charge in [0.2, 0.25) is 0 Å². The SMILES string of the molecule is Cc1nc(CCCCNC(=O)c2cccc3c2-c2nc-3nc3[n-]c(nc4nc(nc5[n-]c(n2)c2ccc(O)cc52)-c2cc(O)ccc2-4)c2c3CC=C(O)C2)c[nH]1.[Cu+2]. The first-order valence-electron chi connectivity index (χ1n) is 18.2. The van der Waals surface area contributed by atoms with Crippen molar-refractivity contribution in [3.05, 3.63) is 101 Å². The van der Waals surface area contributed by atoms with Crippen molar-refractivity contribution >= 4 is 39.3 Å². The number of phenolic OH excluding ortho intramolecular Hbond substituents is 2. The van der Waals surface area contributed by atoms with Crippen molar-refractivity contribution in [2.45, 2.75) is 39.0 Å². The van der Waals surface area contributed by atoms with E-state index < -0.39 is 0 Å². The molecule has 0 atom stereocenters. The number of H-pyrrole nitrogens is 1. The summed E-state index contributed by atoms with van der Waals surface area (Å²) in [6, 6.07) is 15.0. The van der Waals surface area contributed by atoms with E-state index in [0.717, 1.165) is 36.3 Å². The van der Waals surface area contributed by atoms with E-state index in [1.807, 2.05) is 19.2 Å². The summed E-state index contributed by atoms with van der Waals surface area (Å²) in [5, 5.41) is 35.8. The quantitative estimate of drug-likeness (QED) is 0.101. The number of hydrogen-bond acceptors (Lipinski definition) is 11. The average molecular weight is 805 g/mol. The first-order valence-corrected chi connectivity index (χ1v) is 18.2. The third-order valence-electron chi connectivity index (χ3n) is 10.1. The molecular formula is C41H31CuN11O4. The number of aliphatic hydroxyl groups excluding tert-OH is 1. The summed E-state index contributed by atoms with van der Waals surface area (Å²) >= 11 is 0. The fourth-order valence-corrected chi connectivity index (χ4v) is 7.45. The molecule has 0 unspecified atom stereocenters. The second-order valence-corrected chi connectivity index (χ2v) is 13.9. The number of amides is 1. The van der Waals surface area contributed by atoms with Crippen molar-refractivity contribution in [2.24, 2.45) is 0 Å². The molecule has 4 aromatic heterocycles. The number of nitrogens with one attached hydrogen (secondary N) is 2. The van der Waals surface area contributed by atoms with Gasteiger partial charge in [0.05, 0.1) is 34.8 Å². The number of carbonyl (C=O) groups is 1. The zero-order valence-corrected chi connectivity index (χ0v) is 31.1. The maximum atomic E-state index is 13.9. The van der Waals surface area contributed by atoms with Gasteiger partial charge in [-0.25, -0.2) is 15.0 Å². The van der Waals surface area contributed by atoms with E-state index in [4.69, 9.17) is 39.9 Å². The molecule has 3 aromatic carbocycles. The standard InChI is InChI=1S/C41H32N11O4.Cu/c1-19-43-18-20(44-19)5-2-3-14-42-41(56)28-7-4-6-27-32(28)40-51-35-26-13-10-23(55)17-31(26)39(49-35)50-38-30-16-22(54)9-12-25(30)34(48-38)47-37-29-15-21(53)8-11-24(29)33(46-37)45-36(27)52-40;/h4,6-10,12-13,16-18H,2-3,5,11,14-15H2,1H3,(H6-,42,43,44,45,46,47,48,49,50,51,52,53,54,55,56);/q-1;+2/p-1. The van der Waals surface area contributed by atoms with Crippen LogP contribution >= 0.6 is 0 Å². The minimum atomic E-state index is -0.285. The normalized spacial score (nSPS) is 12.7. The molecule has 10 rings (SSSR count). The predicted octanol–water partition coefficient (Wildman–Crippen LogP) is 5.71. The third kappa shape index (κ3) is 6.34. The van der Waals surface area contributed by atoms with Crippen LogP contribution in [0.2, 0.25) is 0 Å². The van der Waals surface area contributed by atoms with Gasteiger partial charge < -0.3 is 55.5 Å². The van der Waals surface area contributed by atoms with E-state index in [0.29, 0.717) is 80.1 Å². The Bertz CT molecular complexity index is 3000. The minimum absolute atomic E-state index is 0. The van der Waals surface area contributed by atoms with Crippen molar-refractivity contribution in [2.75, 3.05) is 6.54 Å². The van der Waals surface area contributed by atoms with Crippen LogP contribution in [-0.2, 0) is 36.3 Å². The zero-order chi connectivity index (χ0) is 38.1. The molecule has 1 amide bonds. The molecule has 3 aliphatic rings. The van der Waals surface area contributed by atoms with Crippen molar-refractivity contribution in [3.8, 4) is 57.1 Å². The van der Waals surface area contributed by atoms with Crippen LogP contribution < -0.4 is 15.3 Å². The molecule has 1 aliphatic carbocycles. The van der Waals surface area contributed by atoms with Crippen molar-refractivity contribution in [1.29, 1.82) is 0 Å². The number of rotatable bonds is 6. The number of aromatic hydroxyl groups is 2. The number of aryl methyl sites for hydroxylation is 2. The van der Waals surface area contributed by atoms with Gasteiger partial charge in [-0.3, -0.25) is 4.79 Å². The van der Waals surface area contributed by atoms with E-state index in [-0.39, 0.29) is 69.6 Å². The Morgan fingerprint density at radius 3 is 2.28 bits per heavy atom. The number of phenols is 2. The summed E-state index contributed by atoms with van der Waals surface area (Å²) in [5.41, 5.74) is 6.24. The van der Waals surface area contributed by atoms with E-state index in [9.17, 15) is 20.1 Å². The molecule has 6 heterocycles. The maximum Gasteiger partial charge on any atom is 2.00 e. The van der Waals surface area contributed by atoms with Crippen LogP contribution in [0.25, 0.3) is 78.9 Å². The molecule has 57 heavy (non-hydrogen) atoms. The van der Waals surface area contributed by atoms with Gasteiger partial charge in [-0.1, -0.05) is 12.1 Å². The van der Waals surface area contributed by atoms with Crippen molar-refractivity contribution in [3.63, 3.8) is 0 Å². The molecule has 2 aliphatic heterocycles. The number of unbranched alkanes of at least 4 members (excludes halogenated alkanes) is 1. The minimum Gasteiger partial charge on any atom is -0.512 e. The largest absolute Gasteiger partial charge is 2.00 e. The Balaban J connectivity index is 0.00000422. The summed E-state index contributed by atoms with van der Waals surface area (Å²) in [6.07, 6.45) is 6.61. The molecule has 15 nitrogen and oxygen atoms in total. The molecule has 0 saturated carbocycles. The average Bonchev–Trinajstić information content (AvgIpc) is 3.99. The molecule has 8 bridgehead atoms. The number of aliphatic hydroxyl groups is 1. The fourth-order valence-electron chi connectivity index (χ4n) is 7.45. The summed E-state index contributed by atoms with van der Waals surface area (Å²) in [7, 11) is 0. The summed E-state index contributed by atoms with van der Waals surface area (Å²) < 4.78 is 0. The number of imidazole rings is 1. The predicted molar refractivity (Wildman–Crippen MR) is 207 cm³/mol. The number of hydrogen-bond donors (Lipinski definition) is 5. The van der Waals surface area contributed by atoms with Gasteiger partial charge in [-0.15, -0.1) is 0 Å². The summed E-state index contributed by atoms with van der Waals surface area (Å²) in [5.74, 6) is 1.86. The van der Waals surface area contributed by atoms with Crippen molar-refractivity contribution < 1.29 is 37.2 Å². The van der Waals surface area contributed by atoms with Crippen LogP contribution in [0, 0.1) is 6.92 Å². The maximum absolute atomic E-state index is 13.9. The number of allylic oxidation sites excluding steroid dienone is 2. The zero-order valence-electron chi connectivity index (χ0n) is 30.2. The van der Waals surface area contributed by atoms with Crippen LogP contribution in [0.4, 0.5) is 0 Å². The Morgan fingerprint density at radius 2 is 1.44 bits per heavy atom. The number of carbonyl (C=O) groups excluding carboxylic acids is 1. The van der Waals surface area contributed by atoms with E-state index >= 15 is 0 Å². The Labute approximate surface area is 334 Å². The first-order chi connectivity index (χ1) is 27.3. The number of nitrogens with zero attached hydrogens (tertiary/aromatic N) is 9.